The van der Waals surface area contributed by atoms with E-state index in [1.165, 1.54) is 0 Å². The Balaban J connectivity index is 1.89. The summed E-state index contributed by atoms with van der Waals surface area (Å²) in [7, 11) is 0. The molecule has 84 valence electrons. The highest BCUT2D eigenvalue weighted by Gasteiger charge is 2.36. The van der Waals surface area contributed by atoms with Gasteiger partial charge in [-0.3, -0.25) is 9.59 Å². The molecule has 0 bridgehead atoms. The summed E-state index contributed by atoms with van der Waals surface area (Å²) in [6, 6.07) is 0. The fourth-order valence-electron chi connectivity index (χ4n) is 2.63. The summed E-state index contributed by atoms with van der Waals surface area (Å²) >= 11 is 0. The zero-order valence-corrected chi connectivity index (χ0v) is 8.82. The topological polar surface area (TPSA) is 57.6 Å². The number of carbonyl (C=O) groups excluding carboxylic acids is 1. The van der Waals surface area contributed by atoms with Gasteiger partial charge in [0, 0.05) is 19.0 Å². The normalized spacial score (nSPS) is 30.8. The Hall–Kier alpha value is -1.06. The average molecular weight is 211 g/mol. The van der Waals surface area contributed by atoms with Crippen LogP contribution in [0, 0.1) is 11.8 Å². The smallest absolute Gasteiger partial charge is 0.306 e. The molecular weight excluding hydrogens is 194 g/mol. The van der Waals surface area contributed by atoms with Crippen LogP contribution in [0.1, 0.15) is 32.1 Å². The number of likely N-dealkylation sites (tertiary alicyclic amines) is 1. The van der Waals surface area contributed by atoms with Crippen LogP contribution in [0.25, 0.3) is 0 Å². The molecular formula is C11H17NO3. The lowest BCUT2D eigenvalue weighted by atomic mass is 10.0. The summed E-state index contributed by atoms with van der Waals surface area (Å²) in [6.45, 7) is 1.74. The van der Waals surface area contributed by atoms with Gasteiger partial charge in [0.2, 0.25) is 5.91 Å². The van der Waals surface area contributed by atoms with Gasteiger partial charge in [0.1, 0.15) is 0 Å². The molecule has 2 atom stereocenters. The van der Waals surface area contributed by atoms with Crippen molar-refractivity contribution >= 4 is 11.9 Å². The SMILES string of the molecule is O=C(O)[C@@H]1CC[C@H](C(=O)N2CCCC2)C1. The van der Waals surface area contributed by atoms with Gasteiger partial charge in [-0.25, -0.2) is 0 Å². The molecule has 4 heteroatoms. The molecule has 0 aromatic carbocycles. The maximum atomic E-state index is 11.9. The van der Waals surface area contributed by atoms with Crippen LogP contribution in [0.3, 0.4) is 0 Å². The molecule has 1 heterocycles. The molecule has 4 nitrogen and oxygen atoms in total. The van der Waals surface area contributed by atoms with Crippen LogP contribution in [0.5, 0.6) is 0 Å². The number of hydrogen-bond donors (Lipinski definition) is 1. The van der Waals surface area contributed by atoms with Crippen molar-refractivity contribution in [3.63, 3.8) is 0 Å². The van der Waals surface area contributed by atoms with Gasteiger partial charge in [-0.05, 0) is 32.1 Å². The molecule has 15 heavy (non-hydrogen) atoms. The van der Waals surface area contributed by atoms with E-state index in [1.807, 2.05) is 4.90 Å². The van der Waals surface area contributed by atoms with E-state index in [-0.39, 0.29) is 17.7 Å². The summed E-state index contributed by atoms with van der Waals surface area (Å²) in [5.41, 5.74) is 0. The molecule has 2 fully saturated rings. The lowest BCUT2D eigenvalue weighted by Crippen LogP contribution is -2.33. The van der Waals surface area contributed by atoms with Crippen LogP contribution >= 0.6 is 0 Å². The van der Waals surface area contributed by atoms with Crippen molar-refractivity contribution in [3.05, 3.63) is 0 Å². The first-order chi connectivity index (χ1) is 7.18. The second-order valence-electron chi connectivity index (χ2n) is 4.58. The van der Waals surface area contributed by atoms with E-state index >= 15 is 0 Å². The molecule has 0 unspecified atom stereocenters. The van der Waals surface area contributed by atoms with Gasteiger partial charge in [0.25, 0.3) is 0 Å². The van der Waals surface area contributed by atoms with E-state index in [4.69, 9.17) is 5.11 Å². The summed E-state index contributed by atoms with van der Waals surface area (Å²) in [5.74, 6) is -0.867. The first kappa shape index (κ1) is 10.5. The largest absolute Gasteiger partial charge is 0.481 e. The fraction of sp³-hybridized carbons (Fsp3) is 0.818. The minimum absolute atomic E-state index is 0.0239. The molecule has 2 aliphatic rings. The quantitative estimate of drug-likeness (QED) is 0.744. The molecule has 1 aliphatic heterocycles. The van der Waals surface area contributed by atoms with Crippen LogP contribution in [0.4, 0.5) is 0 Å². The second-order valence-corrected chi connectivity index (χ2v) is 4.58. The molecule has 1 N–H and O–H groups in total. The van der Waals surface area contributed by atoms with Gasteiger partial charge in [-0.2, -0.15) is 0 Å². The van der Waals surface area contributed by atoms with Crippen molar-refractivity contribution < 1.29 is 14.7 Å². The first-order valence-corrected chi connectivity index (χ1v) is 5.70. The highest BCUT2D eigenvalue weighted by molar-refractivity contribution is 5.81. The van der Waals surface area contributed by atoms with Crippen molar-refractivity contribution in [1.29, 1.82) is 0 Å². The van der Waals surface area contributed by atoms with Crippen LogP contribution in [0.2, 0.25) is 0 Å². The third-order valence-corrected chi connectivity index (χ3v) is 3.55. The van der Waals surface area contributed by atoms with E-state index in [1.54, 1.807) is 0 Å². The van der Waals surface area contributed by atoms with E-state index in [0.717, 1.165) is 32.4 Å². The van der Waals surface area contributed by atoms with Gasteiger partial charge in [0.05, 0.1) is 5.92 Å². The van der Waals surface area contributed by atoms with Crippen molar-refractivity contribution in [2.75, 3.05) is 13.1 Å². The lowest BCUT2D eigenvalue weighted by molar-refractivity contribution is -0.141. The highest BCUT2D eigenvalue weighted by atomic mass is 16.4. The predicted molar refractivity (Wildman–Crippen MR) is 54.3 cm³/mol. The zero-order chi connectivity index (χ0) is 10.8. The number of carboxylic acids is 1. The van der Waals surface area contributed by atoms with Crippen LogP contribution in [-0.2, 0) is 9.59 Å². The summed E-state index contributed by atoms with van der Waals surface area (Å²) in [5, 5.41) is 8.85. The van der Waals surface area contributed by atoms with Crippen LogP contribution < -0.4 is 0 Å². The maximum Gasteiger partial charge on any atom is 0.306 e. The molecule has 0 aromatic rings. The van der Waals surface area contributed by atoms with Crippen LogP contribution in [0.15, 0.2) is 0 Å². The average Bonchev–Trinajstić information content (AvgIpc) is 2.88. The number of carbonyl (C=O) groups is 2. The molecule has 0 spiro atoms. The van der Waals surface area contributed by atoms with E-state index in [0.29, 0.717) is 12.8 Å². The van der Waals surface area contributed by atoms with Crippen molar-refractivity contribution in [3.8, 4) is 0 Å². The van der Waals surface area contributed by atoms with Crippen LogP contribution in [-0.4, -0.2) is 35.0 Å². The Kier molecular flexibility index (Phi) is 2.93. The van der Waals surface area contributed by atoms with E-state index in [9.17, 15) is 9.59 Å². The minimum Gasteiger partial charge on any atom is -0.481 e. The Morgan fingerprint density at radius 2 is 1.67 bits per heavy atom. The molecule has 0 radical (unpaired) electrons. The maximum absolute atomic E-state index is 11.9. The van der Waals surface area contributed by atoms with Crippen molar-refractivity contribution in [1.82, 2.24) is 4.90 Å². The van der Waals surface area contributed by atoms with Gasteiger partial charge in [-0.1, -0.05) is 0 Å². The second kappa shape index (κ2) is 4.21. The Morgan fingerprint density at radius 1 is 1.07 bits per heavy atom. The Labute approximate surface area is 89.3 Å². The number of hydrogen-bond acceptors (Lipinski definition) is 2. The van der Waals surface area contributed by atoms with Gasteiger partial charge < -0.3 is 10.0 Å². The summed E-state index contributed by atoms with van der Waals surface area (Å²) in [6.07, 6.45) is 4.16. The summed E-state index contributed by atoms with van der Waals surface area (Å²) in [4.78, 5) is 24.6. The number of nitrogens with zero attached hydrogens (tertiary/aromatic N) is 1. The van der Waals surface area contributed by atoms with Gasteiger partial charge in [-0.15, -0.1) is 0 Å². The first-order valence-electron chi connectivity index (χ1n) is 5.70. The number of rotatable bonds is 2. The third kappa shape index (κ3) is 2.13. The molecule has 1 saturated heterocycles. The third-order valence-electron chi connectivity index (χ3n) is 3.55. The Bertz CT molecular complexity index is 271. The molecule has 1 saturated carbocycles. The zero-order valence-electron chi connectivity index (χ0n) is 8.82. The predicted octanol–water partition coefficient (Wildman–Crippen LogP) is 1.11. The number of carboxylic acid groups (broad SMARTS) is 1. The molecule has 2 rings (SSSR count). The fourth-order valence-corrected chi connectivity index (χ4v) is 2.63. The monoisotopic (exact) mass is 211 g/mol. The van der Waals surface area contributed by atoms with E-state index < -0.39 is 5.97 Å². The lowest BCUT2D eigenvalue weighted by Gasteiger charge is -2.19. The number of amides is 1. The van der Waals surface area contributed by atoms with Gasteiger partial charge >= 0.3 is 5.97 Å². The summed E-state index contributed by atoms with van der Waals surface area (Å²) < 4.78 is 0. The highest BCUT2D eigenvalue weighted by Crippen LogP contribution is 2.32. The molecule has 1 aliphatic carbocycles. The van der Waals surface area contributed by atoms with Crippen molar-refractivity contribution in [2.45, 2.75) is 32.1 Å². The standard InChI is InChI=1S/C11H17NO3/c13-10(12-5-1-2-6-12)8-3-4-9(7-8)11(14)15/h8-9H,1-7H2,(H,14,15)/t8-,9+/m0/s1. The number of aliphatic carboxylic acids is 1. The minimum atomic E-state index is -0.744. The van der Waals surface area contributed by atoms with Gasteiger partial charge in [0.15, 0.2) is 0 Å². The Morgan fingerprint density at radius 3 is 2.20 bits per heavy atom. The van der Waals surface area contributed by atoms with E-state index in [2.05, 4.69) is 0 Å². The molecule has 0 aromatic heterocycles. The molecule has 1 amide bonds. The van der Waals surface area contributed by atoms with Crippen molar-refractivity contribution in [2.24, 2.45) is 11.8 Å².